The highest BCUT2D eigenvalue weighted by molar-refractivity contribution is 5.90. The summed E-state index contributed by atoms with van der Waals surface area (Å²) in [6.07, 6.45) is 1.53. The van der Waals surface area contributed by atoms with Gasteiger partial charge in [-0.1, -0.05) is 0 Å². The lowest BCUT2D eigenvalue weighted by Gasteiger charge is -2.27. The first-order valence-electron chi connectivity index (χ1n) is 4.91. The Morgan fingerprint density at radius 2 is 1.88 bits per heavy atom. The molecule has 0 radical (unpaired) electrons. The fourth-order valence-corrected chi connectivity index (χ4v) is 1.08. The van der Waals surface area contributed by atoms with Gasteiger partial charge in [-0.25, -0.2) is 9.59 Å². The van der Waals surface area contributed by atoms with E-state index in [9.17, 15) is 14.4 Å². The minimum atomic E-state index is -1.22. The van der Waals surface area contributed by atoms with Crippen molar-refractivity contribution in [3.8, 4) is 0 Å². The van der Waals surface area contributed by atoms with Gasteiger partial charge in [0.05, 0.1) is 14.1 Å². The van der Waals surface area contributed by atoms with Crippen LogP contribution in [0.4, 0.5) is 0 Å². The van der Waals surface area contributed by atoms with E-state index in [1.807, 2.05) is 0 Å². The number of hydrogen-bond donors (Lipinski definition) is 2. The number of amides is 1. The zero-order valence-electron chi connectivity index (χ0n) is 9.88. The zero-order chi connectivity index (χ0) is 13.5. The molecule has 0 heterocycles. The highest BCUT2D eigenvalue weighted by Gasteiger charge is 2.18. The molecule has 7 heteroatoms. The second kappa shape index (κ2) is 6.64. The van der Waals surface area contributed by atoms with Crippen molar-refractivity contribution in [3.05, 3.63) is 12.2 Å². The van der Waals surface area contributed by atoms with Gasteiger partial charge in [0.25, 0.3) is 5.91 Å². The quantitative estimate of drug-likeness (QED) is 0.330. The summed E-state index contributed by atoms with van der Waals surface area (Å²) in [5, 5.41) is 8.27. The van der Waals surface area contributed by atoms with Crippen molar-refractivity contribution in [2.24, 2.45) is 5.73 Å². The molecule has 0 aromatic rings. The van der Waals surface area contributed by atoms with Crippen LogP contribution in [0.15, 0.2) is 12.2 Å². The Hall–Kier alpha value is -1.89. The summed E-state index contributed by atoms with van der Waals surface area (Å²) >= 11 is 0. The summed E-state index contributed by atoms with van der Waals surface area (Å²) in [7, 11) is 3.54. The summed E-state index contributed by atoms with van der Waals surface area (Å²) < 4.78 is 5.05. The van der Waals surface area contributed by atoms with Crippen LogP contribution in [0.1, 0.15) is 0 Å². The summed E-state index contributed by atoms with van der Waals surface area (Å²) in [6, 6.07) is 0. The summed E-state index contributed by atoms with van der Waals surface area (Å²) in [6.45, 7) is 0.640. The standard InChI is InChI=1S/C10H16N2O5/c1-12(2,7-8(11)13)5-6-17-10(16)4-3-9(14)15/h3-4H,5-7H2,1-2H3,(H2-,11,13,14,15)/p+1/b4-3-. The van der Waals surface area contributed by atoms with E-state index in [2.05, 4.69) is 0 Å². The molecule has 1 amide bonds. The minimum absolute atomic E-state index is 0.0864. The number of nitrogens with zero attached hydrogens (tertiary/aromatic N) is 1. The van der Waals surface area contributed by atoms with Crippen molar-refractivity contribution in [1.29, 1.82) is 0 Å². The van der Waals surface area contributed by atoms with E-state index in [1.165, 1.54) is 0 Å². The van der Waals surface area contributed by atoms with Crippen LogP contribution in [-0.4, -0.2) is 61.2 Å². The predicted octanol–water partition coefficient (Wildman–Crippen LogP) is -1.27. The lowest BCUT2D eigenvalue weighted by Crippen LogP contribution is -2.48. The number of carboxylic acids is 1. The van der Waals surface area contributed by atoms with Crippen LogP contribution in [0.3, 0.4) is 0 Å². The van der Waals surface area contributed by atoms with Crippen molar-refractivity contribution in [3.63, 3.8) is 0 Å². The number of nitrogens with two attached hydrogens (primary N) is 1. The van der Waals surface area contributed by atoms with Crippen molar-refractivity contribution < 1.29 is 28.7 Å². The van der Waals surface area contributed by atoms with Gasteiger partial charge in [-0.15, -0.1) is 0 Å². The van der Waals surface area contributed by atoms with Gasteiger partial charge in [0.1, 0.15) is 13.2 Å². The lowest BCUT2D eigenvalue weighted by atomic mass is 10.4. The van der Waals surface area contributed by atoms with Crippen LogP contribution in [-0.2, 0) is 19.1 Å². The Bertz CT molecular complexity index is 336. The molecule has 0 saturated heterocycles. The second-order valence-corrected chi connectivity index (χ2v) is 4.12. The van der Waals surface area contributed by atoms with E-state index in [0.717, 1.165) is 6.08 Å². The SMILES string of the molecule is C[N+](C)(CCOC(=O)/C=C\C(=O)O)CC(N)=O. The number of likely N-dealkylation sites (N-methyl/N-ethyl adjacent to an activating group) is 1. The first-order chi connectivity index (χ1) is 7.73. The monoisotopic (exact) mass is 245 g/mol. The molecular formula is C10H17N2O5+. The third-order valence-corrected chi connectivity index (χ3v) is 1.89. The molecule has 96 valence electrons. The molecule has 0 aliphatic rings. The van der Waals surface area contributed by atoms with Crippen LogP contribution < -0.4 is 5.73 Å². The van der Waals surface area contributed by atoms with Gasteiger partial charge in [-0.05, 0) is 0 Å². The van der Waals surface area contributed by atoms with E-state index < -0.39 is 17.8 Å². The number of aliphatic carboxylic acids is 1. The lowest BCUT2D eigenvalue weighted by molar-refractivity contribution is -0.882. The van der Waals surface area contributed by atoms with Gasteiger partial charge < -0.3 is 20.1 Å². The number of rotatable bonds is 7. The van der Waals surface area contributed by atoms with Gasteiger partial charge in [0.15, 0.2) is 6.54 Å². The zero-order valence-corrected chi connectivity index (χ0v) is 9.88. The highest BCUT2D eigenvalue weighted by atomic mass is 16.5. The third kappa shape index (κ3) is 9.06. The average molecular weight is 245 g/mol. The normalized spacial score (nSPS) is 11.4. The first kappa shape index (κ1) is 15.1. The Morgan fingerprint density at radius 1 is 1.29 bits per heavy atom. The Labute approximate surface area is 99.0 Å². The Balaban J connectivity index is 3.94. The van der Waals surface area contributed by atoms with Crippen molar-refractivity contribution in [1.82, 2.24) is 0 Å². The van der Waals surface area contributed by atoms with E-state index in [1.54, 1.807) is 14.1 Å². The molecule has 0 aliphatic heterocycles. The predicted molar refractivity (Wildman–Crippen MR) is 58.8 cm³/mol. The number of carbonyl (C=O) groups is 3. The highest BCUT2D eigenvalue weighted by Crippen LogP contribution is 1.96. The number of hydrogen-bond acceptors (Lipinski definition) is 4. The molecule has 17 heavy (non-hydrogen) atoms. The molecule has 7 nitrogen and oxygen atoms in total. The molecule has 0 fully saturated rings. The van der Waals surface area contributed by atoms with Crippen LogP contribution >= 0.6 is 0 Å². The molecule has 0 unspecified atom stereocenters. The Kier molecular flexibility index (Phi) is 5.90. The number of quaternary nitrogens is 1. The van der Waals surface area contributed by atoms with E-state index in [0.29, 0.717) is 17.1 Å². The van der Waals surface area contributed by atoms with E-state index >= 15 is 0 Å². The molecule has 0 spiro atoms. The fourth-order valence-electron chi connectivity index (χ4n) is 1.08. The maximum atomic E-state index is 11.0. The molecule has 0 aliphatic carbocycles. The van der Waals surface area contributed by atoms with E-state index in [4.69, 9.17) is 15.6 Å². The average Bonchev–Trinajstić information content (AvgIpc) is 2.12. The van der Waals surface area contributed by atoms with Crippen LogP contribution in [0.2, 0.25) is 0 Å². The van der Waals surface area contributed by atoms with Crippen LogP contribution in [0.5, 0.6) is 0 Å². The molecule has 0 rings (SSSR count). The summed E-state index contributed by atoms with van der Waals surface area (Å²) in [5.41, 5.74) is 5.05. The smallest absolute Gasteiger partial charge is 0.331 e. The molecule has 0 aromatic heterocycles. The molecule has 0 atom stereocenters. The molecule has 0 aromatic carbocycles. The minimum Gasteiger partial charge on any atom is -0.478 e. The van der Waals surface area contributed by atoms with E-state index in [-0.39, 0.29) is 13.2 Å². The molecule has 0 saturated carbocycles. The Morgan fingerprint density at radius 3 is 2.35 bits per heavy atom. The number of ether oxygens (including phenoxy) is 1. The largest absolute Gasteiger partial charge is 0.478 e. The molecule has 3 N–H and O–H groups in total. The number of primary amides is 1. The number of carboxylic acid groups (broad SMARTS) is 1. The summed E-state index contributed by atoms with van der Waals surface area (Å²) in [5.74, 6) is -2.38. The van der Waals surface area contributed by atoms with Gasteiger partial charge >= 0.3 is 11.9 Å². The fraction of sp³-hybridized carbons (Fsp3) is 0.500. The van der Waals surface area contributed by atoms with Crippen LogP contribution in [0.25, 0.3) is 0 Å². The first-order valence-corrected chi connectivity index (χ1v) is 4.91. The van der Waals surface area contributed by atoms with Crippen molar-refractivity contribution in [2.75, 3.05) is 33.8 Å². The van der Waals surface area contributed by atoms with Crippen molar-refractivity contribution >= 4 is 17.8 Å². The van der Waals surface area contributed by atoms with Gasteiger partial charge in [-0.3, -0.25) is 4.79 Å². The number of carbonyl (C=O) groups excluding carboxylic acids is 2. The summed E-state index contributed by atoms with van der Waals surface area (Å²) in [4.78, 5) is 31.8. The molecule has 0 bridgehead atoms. The van der Waals surface area contributed by atoms with Gasteiger partial charge in [-0.2, -0.15) is 0 Å². The van der Waals surface area contributed by atoms with Gasteiger partial charge in [0, 0.05) is 12.2 Å². The van der Waals surface area contributed by atoms with Crippen molar-refractivity contribution in [2.45, 2.75) is 0 Å². The third-order valence-electron chi connectivity index (χ3n) is 1.89. The molecular weight excluding hydrogens is 228 g/mol. The van der Waals surface area contributed by atoms with Crippen LogP contribution in [0, 0.1) is 0 Å². The van der Waals surface area contributed by atoms with Gasteiger partial charge in [0.2, 0.25) is 0 Å². The number of esters is 1. The maximum Gasteiger partial charge on any atom is 0.331 e. The topological polar surface area (TPSA) is 107 Å². The maximum absolute atomic E-state index is 11.0. The second-order valence-electron chi connectivity index (χ2n) is 4.12.